The van der Waals surface area contributed by atoms with Gasteiger partial charge in [-0.15, -0.1) is 0 Å². The average Bonchev–Trinajstić information content (AvgIpc) is 2.39. The van der Waals surface area contributed by atoms with Gasteiger partial charge in [-0.05, 0) is 50.0 Å². The van der Waals surface area contributed by atoms with Crippen LogP contribution in [0.25, 0.3) is 0 Å². The Morgan fingerprint density at radius 1 is 0.812 bits per heavy atom. The lowest BCUT2D eigenvalue weighted by Crippen LogP contribution is -2.44. The molecular weight excluding hydrogens is 194 g/mol. The standard InChI is InChI=1S/C15H29N/c1-3-12-5-8-14(9-6-12)15-10-7-13(4-2)11-16-15/h12-16H,3-11H2,1-2H3. The van der Waals surface area contributed by atoms with Crippen LogP contribution in [0.3, 0.4) is 0 Å². The molecule has 1 aliphatic heterocycles. The van der Waals surface area contributed by atoms with Crippen LogP contribution in [0, 0.1) is 17.8 Å². The summed E-state index contributed by atoms with van der Waals surface area (Å²) in [6.07, 6.45) is 11.7. The molecule has 1 saturated carbocycles. The zero-order valence-corrected chi connectivity index (χ0v) is 11.2. The smallest absolute Gasteiger partial charge is 0.00955 e. The molecule has 1 heteroatoms. The largest absolute Gasteiger partial charge is 0.313 e. The molecule has 2 unspecified atom stereocenters. The molecular formula is C15H29N. The van der Waals surface area contributed by atoms with E-state index in [0.717, 1.165) is 23.8 Å². The molecule has 1 nitrogen and oxygen atoms in total. The summed E-state index contributed by atoms with van der Waals surface area (Å²) in [7, 11) is 0. The zero-order chi connectivity index (χ0) is 11.4. The van der Waals surface area contributed by atoms with Gasteiger partial charge in [0, 0.05) is 6.04 Å². The van der Waals surface area contributed by atoms with Crippen LogP contribution in [0.5, 0.6) is 0 Å². The maximum atomic E-state index is 3.82. The predicted octanol–water partition coefficient (Wildman–Crippen LogP) is 3.98. The second kappa shape index (κ2) is 6.05. The molecule has 1 heterocycles. The first-order valence-electron chi connectivity index (χ1n) is 7.56. The summed E-state index contributed by atoms with van der Waals surface area (Å²) >= 11 is 0. The minimum atomic E-state index is 0.862. The van der Waals surface area contributed by atoms with Crippen molar-refractivity contribution in [2.24, 2.45) is 17.8 Å². The van der Waals surface area contributed by atoms with E-state index >= 15 is 0 Å². The Labute approximate surface area is 101 Å². The van der Waals surface area contributed by atoms with Gasteiger partial charge in [-0.1, -0.05) is 39.5 Å². The van der Waals surface area contributed by atoms with Gasteiger partial charge in [0.1, 0.15) is 0 Å². The lowest BCUT2D eigenvalue weighted by Gasteiger charge is -2.38. The van der Waals surface area contributed by atoms with Crippen LogP contribution in [0.2, 0.25) is 0 Å². The second-order valence-corrected chi connectivity index (χ2v) is 6.06. The van der Waals surface area contributed by atoms with Crippen molar-refractivity contribution in [3.8, 4) is 0 Å². The topological polar surface area (TPSA) is 12.0 Å². The summed E-state index contributed by atoms with van der Waals surface area (Å²) in [6.45, 7) is 5.98. The van der Waals surface area contributed by atoms with Crippen LogP contribution in [0.4, 0.5) is 0 Å². The van der Waals surface area contributed by atoms with Crippen LogP contribution in [-0.2, 0) is 0 Å². The number of piperidine rings is 1. The highest BCUT2D eigenvalue weighted by Crippen LogP contribution is 2.35. The van der Waals surface area contributed by atoms with Crippen molar-refractivity contribution >= 4 is 0 Å². The van der Waals surface area contributed by atoms with Gasteiger partial charge >= 0.3 is 0 Å². The molecule has 94 valence electrons. The summed E-state index contributed by atoms with van der Waals surface area (Å²) < 4.78 is 0. The van der Waals surface area contributed by atoms with Gasteiger partial charge in [0.05, 0.1) is 0 Å². The highest BCUT2D eigenvalue weighted by atomic mass is 14.9. The first-order chi connectivity index (χ1) is 7.83. The Balaban J connectivity index is 1.73. The predicted molar refractivity (Wildman–Crippen MR) is 70.5 cm³/mol. The molecule has 0 aromatic carbocycles. The zero-order valence-electron chi connectivity index (χ0n) is 11.2. The minimum Gasteiger partial charge on any atom is -0.313 e. The maximum Gasteiger partial charge on any atom is 0.00955 e. The van der Waals surface area contributed by atoms with E-state index in [4.69, 9.17) is 0 Å². The fourth-order valence-electron chi connectivity index (χ4n) is 3.69. The van der Waals surface area contributed by atoms with E-state index in [9.17, 15) is 0 Å². The van der Waals surface area contributed by atoms with E-state index in [1.54, 1.807) is 0 Å². The molecule has 0 aromatic rings. The number of hydrogen-bond donors (Lipinski definition) is 1. The van der Waals surface area contributed by atoms with Crippen molar-refractivity contribution in [1.29, 1.82) is 0 Å². The van der Waals surface area contributed by atoms with Gasteiger partial charge in [-0.2, -0.15) is 0 Å². The van der Waals surface area contributed by atoms with Crippen molar-refractivity contribution in [1.82, 2.24) is 5.32 Å². The van der Waals surface area contributed by atoms with Gasteiger partial charge in [0.25, 0.3) is 0 Å². The molecule has 2 atom stereocenters. The van der Waals surface area contributed by atoms with Crippen LogP contribution in [0.15, 0.2) is 0 Å². The van der Waals surface area contributed by atoms with Crippen LogP contribution in [-0.4, -0.2) is 12.6 Å². The van der Waals surface area contributed by atoms with E-state index in [0.29, 0.717) is 0 Å². The van der Waals surface area contributed by atoms with Crippen LogP contribution >= 0.6 is 0 Å². The molecule has 0 amide bonds. The highest BCUT2D eigenvalue weighted by Gasteiger charge is 2.29. The van der Waals surface area contributed by atoms with Gasteiger partial charge in [0.15, 0.2) is 0 Å². The van der Waals surface area contributed by atoms with Gasteiger partial charge in [0.2, 0.25) is 0 Å². The Kier molecular flexibility index (Phi) is 4.69. The minimum absolute atomic E-state index is 0.862. The van der Waals surface area contributed by atoms with Crippen molar-refractivity contribution in [2.45, 2.75) is 71.3 Å². The molecule has 0 spiro atoms. The number of rotatable bonds is 3. The van der Waals surface area contributed by atoms with Crippen molar-refractivity contribution in [3.63, 3.8) is 0 Å². The summed E-state index contributed by atoms with van der Waals surface area (Å²) in [5.74, 6) is 3.01. The lowest BCUT2D eigenvalue weighted by molar-refractivity contribution is 0.176. The molecule has 2 aliphatic rings. The normalized spacial score (nSPS) is 40.9. The third kappa shape index (κ3) is 3.00. The number of hydrogen-bond acceptors (Lipinski definition) is 1. The van der Waals surface area contributed by atoms with E-state index in [1.807, 2.05) is 0 Å². The van der Waals surface area contributed by atoms with E-state index in [1.165, 1.54) is 57.9 Å². The SMILES string of the molecule is CCC1CCC(C2CCC(CC)CN2)CC1. The molecule has 2 rings (SSSR count). The third-order valence-electron chi connectivity index (χ3n) is 5.17. The summed E-state index contributed by atoms with van der Waals surface area (Å²) in [5, 5.41) is 3.82. The van der Waals surface area contributed by atoms with E-state index < -0.39 is 0 Å². The highest BCUT2D eigenvalue weighted by molar-refractivity contribution is 4.85. The Morgan fingerprint density at radius 3 is 1.94 bits per heavy atom. The third-order valence-corrected chi connectivity index (χ3v) is 5.17. The maximum absolute atomic E-state index is 3.82. The Bertz CT molecular complexity index is 164. The van der Waals surface area contributed by atoms with Crippen LogP contribution in [0.1, 0.15) is 65.2 Å². The average molecular weight is 223 g/mol. The fourth-order valence-corrected chi connectivity index (χ4v) is 3.69. The molecule has 1 N–H and O–H groups in total. The van der Waals surface area contributed by atoms with Crippen molar-refractivity contribution in [2.75, 3.05) is 6.54 Å². The second-order valence-electron chi connectivity index (χ2n) is 6.06. The summed E-state index contributed by atoms with van der Waals surface area (Å²) in [5.41, 5.74) is 0. The molecule has 1 saturated heterocycles. The molecule has 16 heavy (non-hydrogen) atoms. The first kappa shape index (κ1) is 12.4. The Hall–Kier alpha value is -0.0400. The lowest BCUT2D eigenvalue weighted by atomic mass is 9.75. The van der Waals surface area contributed by atoms with Crippen molar-refractivity contribution in [3.05, 3.63) is 0 Å². The number of nitrogens with one attached hydrogen (secondary N) is 1. The fraction of sp³-hybridized carbons (Fsp3) is 1.00. The first-order valence-corrected chi connectivity index (χ1v) is 7.56. The molecule has 2 fully saturated rings. The van der Waals surface area contributed by atoms with Crippen molar-refractivity contribution < 1.29 is 0 Å². The summed E-state index contributed by atoms with van der Waals surface area (Å²) in [4.78, 5) is 0. The molecule has 0 aromatic heterocycles. The molecule has 0 radical (unpaired) electrons. The van der Waals surface area contributed by atoms with Gasteiger partial charge < -0.3 is 5.32 Å². The van der Waals surface area contributed by atoms with Gasteiger partial charge in [-0.3, -0.25) is 0 Å². The summed E-state index contributed by atoms with van der Waals surface area (Å²) in [6, 6.07) is 0.862. The van der Waals surface area contributed by atoms with Crippen LogP contribution < -0.4 is 5.32 Å². The van der Waals surface area contributed by atoms with Gasteiger partial charge in [-0.25, -0.2) is 0 Å². The Morgan fingerprint density at radius 2 is 1.44 bits per heavy atom. The quantitative estimate of drug-likeness (QED) is 0.763. The molecule has 0 bridgehead atoms. The van der Waals surface area contributed by atoms with E-state index in [-0.39, 0.29) is 0 Å². The van der Waals surface area contributed by atoms with E-state index in [2.05, 4.69) is 19.2 Å². The monoisotopic (exact) mass is 223 g/mol. The molecule has 1 aliphatic carbocycles.